The molecule has 2 atom stereocenters. The van der Waals surface area contributed by atoms with E-state index in [2.05, 4.69) is 20.8 Å². The van der Waals surface area contributed by atoms with Crippen LogP contribution < -0.4 is 10.6 Å². The number of ether oxygens (including phenoxy) is 1. The van der Waals surface area contributed by atoms with Gasteiger partial charge < -0.3 is 24.8 Å². The molecule has 1 aliphatic rings. The first-order chi connectivity index (χ1) is 19.3. The molecule has 13 heteroatoms. The maximum atomic E-state index is 13.4. The summed E-state index contributed by atoms with van der Waals surface area (Å²) in [6.07, 6.45) is 0.161. The first-order valence-corrected chi connectivity index (χ1v) is 14.7. The van der Waals surface area contributed by atoms with E-state index < -0.39 is 45.4 Å². The number of hydrogen-bond donors (Lipinski definition) is 2. The van der Waals surface area contributed by atoms with Crippen LogP contribution in [0.4, 0.5) is 4.79 Å². The van der Waals surface area contributed by atoms with E-state index in [1.165, 1.54) is 4.90 Å². The monoisotopic (exact) mass is 569 g/mol. The summed E-state index contributed by atoms with van der Waals surface area (Å²) in [5, 5.41) is 8.96. The van der Waals surface area contributed by atoms with Crippen molar-refractivity contribution in [3.63, 3.8) is 0 Å². The van der Waals surface area contributed by atoms with E-state index in [-0.39, 0.29) is 23.9 Å². The number of benzene rings is 2. The summed E-state index contributed by atoms with van der Waals surface area (Å²) in [5.74, 6) is -2.50. The van der Waals surface area contributed by atoms with E-state index in [4.69, 9.17) is 9.26 Å². The van der Waals surface area contributed by atoms with Crippen molar-refractivity contribution in [1.29, 1.82) is 0 Å². The lowest BCUT2D eigenvalue weighted by atomic mass is 10.1. The number of rotatable bonds is 11. The predicted molar refractivity (Wildman–Crippen MR) is 145 cm³/mol. The Balaban J connectivity index is 1.49. The zero-order valence-electron chi connectivity index (χ0n) is 22.0. The summed E-state index contributed by atoms with van der Waals surface area (Å²) in [7, 11) is -3.84. The summed E-state index contributed by atoms with van der Waals surface area (Å²) in [6, 6.07) is 14.3. The van der Waals surface area contributed by atoms with Gasteiger partial charge in [-0.05, 0) is 12.0 Å². The van der Waals surface area contributed by atoms with E-state index in [0.717, 1.165) is 0 Å². The average molecular weight is 570 g/mol. The Kier molecular flexibility index (Phi) is 9.61. The number of ketones is 1. The Bertz CT molecular complexity index is 1410. The van der Waals surface area contributed by atoms with E-state index in [0.29, 0.717) is 37.4 Å². The molecule has 2 unspecified atom stereocenters. The summed E-state index contributed by atoms with van der Waals surface area (Å²) >= 11 is 0. The summed E-state index contributed by atoms with van der Waals surface area (Å²) in [6.45, 7) is 2.93. The number of aromatic nitrogens is 2. The van der Waals surface area contributed by atoms with Gasteiger partial charge in [-0.2, -0.15) is 4.98 Å². The van der Waals surface area contributed by atoms with Crippen molar-refractivity contribution in [3.05, 3.63) is 72.1 Å². The third kappa shape index (κ3) is 7.73. The van der Waals surface area contributed by atoms with Crippen molar-refractivity contribution in [2.75, 3.05) is 32.1 Å². The summed E-state index contributed by atoms with van der Waals surface area (Å²) in [4.78, 5) is 45.0. The normalized spacial score (nSPS) is 15.2. The minimum Gasteiger partial charge on any atom is -0.378 e. The number of urea groups is 1. The molecule has 1 aromatic heterocycles. The molecule has 0 spiro atoms. The topological polar surface area (TPSA) is 161 Å². The van der Waals surface area contributed by atoms with Crippen molar-refractivity contribution < 1.29 is 32.1 Å². The van der Waals surface area contributed by atoms with Crippen LogP contribution in [-0.2, 0) is 25.1 Å². The van der Waals surface area contributed by atoms with Crippen LogP contribution in [0.2, 0.25) is 0 Å². The van der Waals surface area contributed by atoms with Crippen LogP contribution in [0.25, 0.3) is 11.4 Å². The van der Waals surface area contributed by atoms with Crippen molar-refractivity contribution in [3.8, 4) is 11.4 Å². The number of amides is 3. The minimum atomic E-state index is -3.84. The number of sulfone groups is 1. The molecule has 0 radical (unpaired) electrons. The number of morpholine rings is 1. The third-order valence-electron chi connectivity index (χ3n) is 6.27. The van der Waals surface area contributed by atoms with Gasteiger partial charge in [0.05, 0.1) is 30.8 Å². The Morgan fingerprint density at radius 2 is 1.60 bits per heavy atom. The molecule has 1 saturated heterocycles. The zero-order valence-corrected chi connectivity index (χ0v) is 22.8. The van der Waals surface area contributed by atoms with E-state index >= 15 is 0 Å². The molecule has 3 amide bonds. The third-order valence-corrected chi connectivity index (χ3v) is 7.89. The standard InChI is InChI=1S/C27H31N5O7S/c1-2-21(23(33)26-30-24(31-39-26)20-11-7-4-8-12-20)28-25(34)22(29-27(35)32-13-15-38-16-14-32)18-40(36,37)17-19-9-5-3-6-10-19/h3-12,21-22H,2,13-18H2,1H3,(H,28,34)(H,29,35). The number of carbonyl (C=O) groups excluding carboxylic acids is 3. The van der Waals surface area contributed by atoms with Crippen LogP contribution >= 0.6 is 0 Å². The fourth-order valence-corrected chi connectivity index (χ4v) is 5.69. The zero-order chi connectivity index (χ0) is 28.5. The Morgan fingerprint density at radius 1 is 0.950 bits per heavy atom. The van der Waals surface area contributed by atoms with Gasteiger partial charge in [-0.25, -0.2) is 13.2 Å². The molecule has 0 aliphatic carbocycles. The molecule has 3 aromatic rings. The van der Waals surface area contributed by atoms with Crippen molar-refractivity contribution in [2.45, 2.75) is 31.2 Å². The van der Waals surface area contributed by atoms with Crippen LogP contribution in [-0.4, -0.2) is 85.3 Å². The largest absolute Gasteiger partial charge is 0.378 e. The van der Waals surface area contributed by atoms with Crippen molar-refractivity contribution in [1.82, 2.24) is 25.7 Å². The lowest BCUT2D eigenvalue weighted by Crippen LogP contribution is -2.57. The van der Waals surface area contributed by atoms with E-state index in [1.54, 1.807) is 61.5 Å². The molecule has 0 saturated carbocycles. The first-order valence-electron chi connectivity index (χ1n) is 12.9. The Hall–Kier alpha value is -4.10. The summed E-state index contributed by atoms with van der Waals surface area (Å²) in [5.41, 5.74) is 1.20. The van der Waals surface area contributed by atoms with Crippen LogP contribution in [0.3, 0.4) is 0 Å². The first kappa shape index (κ1) is 28.9. The van der Waals surface area contributed by atoms with E-state index in [9.17, 15) is 22.8 Å². The second kappa shape index (κ2) is 13.3. The molecular formula is C27H31N5O7S. The molecular weight excluding hydrogens is 538 g/mol. The van der Waals surface area contributed by atoms with Gasteiger partial charge in [0, 0.05) is 18.7 Å². The molecule has 40 heavy (non-hydrogen) atoms. The highest BCUT2D eigenvalue weighted by Gasteiger charge is 2.33. The fourth-order valence-electron chi connectivity index (χ4n) is 4.13. The molecule has 2 heterocycles. The maximum Gasteiger partial charge on any atom is 0.318 e. The average Bonchev–Trinajstić information content (AvgIpc) is 3.47. The molecule has 2 aromatic carbocycles. The van der Waals surface area contributed by atoms with Crippen LogP contribution in [0, 0.1) is 0 Å². The Labute approximate surface area is 232 Å². The number of carbonyl (C=O) groups is 3. The molecule has 12 nitrogen and oxygen atoms in total. The minimum absolute atomic E-state index is 0.161. The number of nitrogens with zero attached hydrogens (tertiary/aromatic N) is 3. The van der Waals surface area contributed by atoms with Crippen molar-refractivity contribution in [2.24, 2.45) is 0 Å². The molecule has 0 bridgehead atoms. The van der Waals surface area contributed by atoms with Gasteiger partial charge in [0.25, 0.3) is 5.89 Å². The van der Waals surface area contributed by atoms with Gasteiger partial charge in [0.1, 0.15) is 6.04 Å². The molecule has 4 rings (SSSR count). The molecule has 2 N–H and O–H groups in total. The van der Waals surface area contributed by atoms with Crippen LogP contribution in [0.15, 0.2) is 65.2 Å². The van der Waals surface area contributed by atoms with Gasteiger partial charge in [-0.1, -0.05) is 72.7 Å². The fraction of sp³-hybridized carbons (Fsp3) is 0.370. The number of hydrogen-bond acceptors (Lipinski definition) is 9. The number of Topliss-reactive ketones (excluding diaryl/α,β-unsaturated/α-hetero) is 1. The van der Waals surface area contributed by atoms with Gasteiger partial charge in [0.15, 0.2) is 9.84 Å². The van der Waals surface area contributed by atoms with Crippen LogP contribution in [0.5, 0.6) is 0 Å². The van der Waals surface area contributed by atoms with Gasteiger partial charge in [-0.15, -0.1) is 0 Å². The smallest absolute Gasteiger partial charge is 0.318 e. The molecule has 1 aliphatic heterocycles. The van der Waals surface area contributed by atoms with Gasteiger partial charge in [0.2, 0.25) is 17.5 Å². The predicted octanol–water partition coefficient (Wildman–Crippen LogP) is 1.84. The lowest BCUT2D eigenvalue weighted by Gasteiger charge is -2.29. The molecule has 212 valence electrons. The highest BCUT2D eigenvalue weighted by Crippen LogP contribution is 2.16. The molecule has 1 fully saturated rings. The SMILES string of the molecule is CCC(NC(=O)C(CS(=O)(=O)Cc1ccccc1)NC(=O)N1CCOCC1)C(=O)c1nc(-c2ccccc2)no1. The van der Waals surface area contributed by atoms with Crippen LogP contribution in [0.1, 0.15) is 29.6 Å². The number of nitrogens with one attached hydrogen (secondary N) is 2. The van der Waals surface area contributed by atoms with Gasteiger partial charge in [-0.3, -0.25) is 9.59 Å². The van der Waals surface area contributed by atoms with Crippen molar-refractivity contribution >= 4 is 27.6 Å². The highest BCUT2D eigenvalue weighted by atomic mass is 32.2. The second-order valence-corrected chi connectivity index (χ2v) is 11.4. The highest BCUT2D eigenvalue weighted by molar-refractivity contribution is 7.90. The quantitative estimate of drug-likeness (QED) is 0.328. The van der Waals surface area contributed by atoms with Gasteiger partial charge >= 0.3 is 6.03 Å². The second-order valence-electron chi connectivity index (χ2n) is 9.26. The summed E-state index contributed by atoms with van der Waals surface area (Å²) < 4.78 is 36.5. The lowest BCUT2D eigenvalue weighted by molar-refractivity contribution is -0.123. The Morgan fingerprint density at radius 3 is 2.25 bits per heavy atom. The van der Waals surface area contributed by atoms with E-state index in [1.807, 2.05) is 6.07 Å². The maximum absolute atomic E-state index is 13.4.